The predicted octanol–water partition coefficient (Wildman–Crippen LogP) is -0.386. The monoisotopic (exact) mass is 188 g/mol. The summed E-state index contributed by atoms with van der Waals surface area (Å²) in [6.07, 6.45) is 0.377. The van der Waals surface area contributed by atoms with Gasteiger partial charge in [0.2, 0.25) is 0 Å². The fraction of sp³-hybridized carbons (Fsp3) is 1.00. The number of aliphatic hydroxyl groups is 2. The molecule has 13 heavy (non-hydrogen) atoms. The summed E-state index contributed by atoms with van der Waals surface area (Å²) in [7, 11) is -0.654. The maximum Gasteiger partial charge on any atom is 0.651 e. The molecule has 2 unspecified atom stereocenters. The van der Waals surface area contributed by atoms with Crippen molar-refractivity contribution in [2.75, 3.05) is 0 Å². The molecule has 3 saturated heterocycles. The lowest BCUT2D eigenvalue weighted by molar-refractivity contribution is -0.525. The predicted molar refractivity (Wildman–Crippen MR) is 43.3 cm³/mol. The Morgan fingerprint density at radius 2 is 1.69 bits per heavy atom. The van der Waals surface area contributed by atoms with Crippen molar-refractivity contribution in [2.24, 2.45) is 0 Å². The average Bonchev–Trinajstić information content (AvgIpc) is 1.79. The molecule has 0 saturated carbocycles. The quantitative estimate of drug-likeness (QED) is 0.590. The molecule has 0 radical (unpaired) electrons. The number of hydrogen-bond donors (Lipinski definition) is 2. The summed E-state index contributed by atoms with van der Waals surface area (Å²) >= 11 is 0. The summed E-state index contributed by atoms with van der Waals surface area (Å²) < 4.78 is 15.0. The highest BCUT2D eigenvalue weighted by molar-refractivity contribution is 6.43. The van der Waals surface area contributed by atoms with Gasteiger partial charge in [-0.15, -0.1) is 0 Å². The Morgan fingerprint density at radius 1 is 1.23 bits per heavy atom. The van der Waals surface area contributed by atoms with E-state index in [1.165, 1.54) is 13.8 Å². The van der Waals surface area contributed by atoms with Crippen molar-refractivity contribution in [1.29, 1.82) is 0 Å². The Hall–Kier alpha value is -0.135. The first kappa shape index (κ1) is 9.42. The molecule has 3 aliphatic heterocycles. The van der Waals surface area contributed by atoms with Crippen molar-refractivity contribution in [3.05, 3.63) is 0 Å². The van der Waals surface area contributed by atoms with Crippen LogP contribution in [0.2, 0.25) is 0 Å². The minimum Gasteiger partial charge on any atom is -0.387 e. The van der Waals surface area contributed by atoms with E-state index in [0.29, 0.717) is 6.42 Å². The topological polar surface area (TPSA) is 68.2 Å². The molecule has 0 aliphatic carbocycles. The van der Waals surface area contributed by atoms with Crippen LogP contribution in [0.15, 0.2) is 0 Å². The van der Waals surface area contributed by atoms with Crippen LogP contribution in [0.25, 0.3) is 0 Å². The second kappa shape index (κ2) is 2.27. The van der Waals surface area contributed by atoms with Gasteiger partial charge in [-0.3, -0.25) is 0 Å². The first-order valence-electron chi connectivity index (χ1n) is 4.33. The summed E-state index contributed by atoms with van der Waals surface area (Å²) in [5, 5.41) is 19.9. The van der Waals surface area contributed by atoms with Crippen LogP contribution in [0.4, 0.5) is 0 Å². The first-order chi connectivity index (χ1) is 5.85. The maximum absolute atomic E-state index is 10.0. The third kappa shape index (κ3) is 0.898. The zero-order chi connectivity index (χ0) is 9.91. The van der Waals surface area contributed by atoms with Crippen LogP contribution >= 0.6 is 0 Å². The standard InChI is InChI=1S/C7H13BO5/c1-4-5(2,9)6(3,10)7-11-8(12-7)13-7/h9-10H,4H2,1-3H3. The van der Waals surface area contributed by atoms with Crippen LogP contribution < -0.4 is 0 Å². The van der Waals surface area contributed by atoms with Crippen LogP contribution in [-0.2, 0) is 14.0 Å². The van der Waals surface area contributed by atoms with E-state index in [4.69, 9.17) is 14.0 Å². The Labute approximate surface area is 76.8 Å². The van der Waals surface area contributed by atoms with Gasteiger partial charge < -0.3 is 24.2 Å². The summed E-state index contributed by atoms with van der Waals surface area (Å²) in [4.78, 5) is 0. The van der Waals surface area contributed by atoms with Crippen LogP contribution in [0.3, 0.4) is 0 Å². The molecule has 0 spiro atoms. The lowest BCUT2D eigenvalue weighted by Gasteiger charge is -2.64. The van der Waals surface area contributed by atoms with Gasteiger partial charge in [0.1, 0.15) is 0 Å². The van der Waals surface area contributed by atoms with E-state index in [9.17, 15) is 10.2 Å². The zero-order valence-electron chi connectivity index (χ0n) is 7.90. The van der Waals surface area contributed by atoms with Gasteiger partial charge in [0.25, 0.3) is 5.97 Å². The molecule has 3 heterocycles. The highest BCUT2D eigenvalue weighted by atomic mass is 17.1. The first-order valence-corrected chi connectivity index (χ1v) is 4.33. The molecule has 3 aliphatic rings. The van der Waals surface area contributed by atoms with Gasteiger partial charge in [-0.05, 0) is 20.3 Å². The molecule has 74 valence electrons. The molecule has 2 N–H and O–H groups in total. The summed E-state index contributed by atoms with van der Waals surface area (Å²) in [6.45, 7) is 4.72. The summed E-state index contributed by atoms with van der Waals surface area (Å²) in [6, 6.07) is 0. The van der Waals surface area contributed by atoms with E-state index in [1.54, 1.807) is 6.92 Å². The molecule has 2 atom stereocenters. The Bertz CT molecular complexity index is 215. The van der Waals surface area contributed by atoms with Gasteiger partial charge in [0.05, 0.1) is 5.60 Å². The summed E-state index contributed by atoms with van der Waals surface area (Å²) in [5.41, 5.74) is -2.87. The van der Waals surface area contributed by atoms with E-state index in [0.717, 1.165) is 0 Å². The van der Waals surface area contributed by atoms with Crippen LogP contribution in [-0.4, -0.2) is 34.7 Å². The molecule has 0 aromatic carbocycles. The molecule has 0 aromatic heterocycles. The average molecular weight is 188 g/mol. The van der Waals surface area contributed by atoms with Gasteiger partial charge >= 0.3 is 7.32 Å². The van der Waals surface area contributed by atoms with Gasteiger partial charge in [0.15, 0.2) is 5.60 Å². The second-order valence-corrected chi connectivity index (χ2v) is 3.90. The molecule has 0 amide bonds. The lowest BCUT2D eigenvalue weighted by atomic mass is 9.76. The maximum atomic E-state index is 10.0. The third-order valence-corrected chi connectivity index (χ3v) is 3.09. The molecule has 0 aromatic rings. The van der Waals surface area contributed by atoms with Gasteiger partial charge in [-0.1, -0.05) is 6.92 Å². The van der Waals surface area contributed by atoms with E-state index >= 15 is 0 Å². The van der Waals surface area contributed by atoms with Crippen LogP contribution in [0.5, 0.6) is 0 Å². The Balaban J connectivity index is 2.19. The van der Waals surface area contributed by atoms with Crippen LogP contribution in [0.1, 0.15) is 27.2 Å². The normalized spacial score (nSPS) is 32.5. The molecule has 2 bridgehead atoms. The zero-order valence-corrected chi connectivity index (χ0v) is 7.90. The molecular formula is C7H13BO5. The fourth-order valence-corrected chi connectivity index (χ4v) is 1.42. The lowest BCUT2D eigenvalue weighted by Crippen LogP contribution is -2.86. The van der Waals surface area contributed by atoms with Crippen molar-refractivity contribution in [2.45, 2.75) is 44.4 Å². The van der Waals surface area contributed by atoms with Crippen molar-refractivity contribution in [1.82, 2.24) is 0 Å². The Morgan fingerprint density at radius 3 is 1.92 bits per heavy atom. The molecular weight excluding hydrogens is 175 g/mol. The van der Waals surface area contributed by atoms with E-state index < -0.39 is 24.5 Å². The minimum absolute atomic E-state index is 0.377. The molecule has 3 rings (SSSR count). The largest absolute Gasteiger partial charge is 0.651 e. The Kier molecular flexibility index (Phi) is 1.64. The molecule has 6 heteroatoms. The SMILES string of the molecule is CCC(C)(O)C(C)(O)C12OB(O1)O2. The van der Waals surface area contributed by atoms with Gasteiger partial charge in [-0.25, -0.2) is 0 Å². The third-order valence-electron chi connectivity index (χ3n) is 3.09. The van der Waals surface area contributed by atoms with Crippen molar-refractivity contribution < 1.29 is 24.2 Å². The number of rotatable bonds is 3. The van der Waals surface area contributed by atoms with E-state index in [2.05, 4.69) is 0 Å². The van der Waals surface area contributed by atoms with Crippen molar-refractivity contribution in [3.8, 4) is 0 Å². The van der Waals surface area contributed by atoms with Crippen LogP contribution in [0, 0.1) is 0 Å². The highest BCUT2D eigenvalue weighted by Crippen LogP contribution is 2.53. The fourth-order valence-electron chi connectivity index (χ4n) is 1.42. The van der Waals surface area contributed by atoms with Gasteiger partial charge in [0, 0.05) is 0 Å². The van der Waals surface area contributed by atoms with E-state index in [1.807, 2.05) is 0 Å². The van der Waals surface area contributed by atoms with Gasteiger partial charge in [-0.2, -0.15) is 0 Å². The molecule has 5 nitrogen and oxygen atoms in total. The smallest absolute Gasteiger partial charge is 0.387 e. The van der Waals surface area contributed by atoms with E-state index in [-0.39, 0.29) is 0 Å². The highest BCUT2D eigenvalue weighted by Gasteiger charge is 2.79. The second-order valence-electron chi connectivity index (χ2n) is 3.90. The number of hydrogen-bond acceptors (Lipinski definition) is 5. The van der Waals surface area contributed by atoms with Crippen molar-refractivity contribution >= 4 is 7.32 Å². The molecule has 3 fully saturated rings. The summed E-state index contributed by atoms with van der Waals surface area (Å²) in [5.74, 6) is -1.45. The minimum atomic E-state index is -1.57. The van der Waals surface area contributed by atoms with Crippen molar-refractivity contribution in [3.63, 3.8) is 0 Å².